The monoisotopic (exact) mass is 427 g/mol. The Morgan fingerprint density at radius 2 is 1.97 bits per heavy atom. The zero-order valence-corrected chi connectivity index (χ0v) is 16.5. The van der Waals surface area contributed by atoms with Crippen molar-refractivity contribution in [2.45, 2.75) is 32.5 Å². The van der Waals surface area contributed by atoms with Gasteiger partial charge in [-0.25, -0.2) is 15.0 Å². The van der Waals surface area contributed by atoms with E-state index in [2.05, 4.69) is 15.4 Å². The summed E-state index contributed by atoms with van der Waals surface area (Å²) in [6.45, 7) is 3.15. The molecule has 1 aromatic carbocycles. The number of hydrazine groups is 1. The first-order valence-electron chi connectivity index (χ1n) is 8.52. The van der Waals surface area contributed by atoms with E-state index in [1.165, 1.54) is 18.9 Å². The van der Waals surface area contributed by atoms with Crippen molar-refractivity contribution in [3.63, 3.8) is 0 Å². The second-order valence-electron chi connectivity index (χ2n) is 6.65. The van der Waals surface area contributed by atoms with Crippen LogP contribution in [0.2, 0.25) is 5.02 Å². The average Bonchev–Trinajstić information content (AvgIpc) is 3.03. The number of aromatic nitrogens is 2. The molecule has 1 aromatic heterocycles. The molecule has 0 saturated carbocycles. The van der Waals surface area contributed by atoms with E-state index in [4.69, 9.17) is 11.6 Å². The molecule has 1 N–H and O–H groups in total. The molecular formula is C18H17ClF3N5O2. The van der Waals surface area contributed by atoms with Crippen molar-refractivity contribution in [2.75, 3.05) is 17.0 Å². The molecule has 1 fully saturated rings. The summed E-state index contributed by atoms with van der Waals surface area (Å²) in [7, 11) is 1.50. The third kappa shape index (κ3) is 4.26. The molecular weight excluding hydrogens is 411 g/mol. The Morgan fingerprint density at radius 3 is 2.59 bits per heavy atom. The van der Waals surface area contributed by atoms with Gasteiger partial charge in [0, 0.05) is 23.5 Å². The Balaban J connectivity index is 1.94. The van der Waals surface area contributed by atoms with Gasteiger partial charge in [0.05, 0.1) is 6.42 Å². The van der Waals surface area contributed by atoms with E-state index in [0.717, 1.165) is 16.6 Å². The van der Waals surface area contributed by atoms with Crippen molar-refractivity contribution in [2.24, 2.45) is 0 Å². The van der Waals surface area contributed by atoms with Crippen LogP contribution in [0.15, 0.2) is 24.3 Å². The molecule has 1 aliphatic heterocycles. The van der Waals surface area contributed by atoms with Gasteiger partial charge in [0.2, 0.25) is 11.9 Å². The lowest BCUT2D eigenvalue weighted by Gasteiger charge is -2.27. The van der Waals surface area contributed by atoms with E-state index in [-0.39, 0.29) is 12.1 Å². The quantitative estimate of drug-likeness (QED) is 0.814. The van der Waals surface area contributed by atoms with E-state index >= 15 is 0 Å². The Morgan fingerprint density at radius 1 is 1.28 bits per heavy atom. The molecule has 3 rings (SSSR count). The first-order chi connectivity index (χ1) is 13.5. The van der Waals surface area contributed by atoms with Crippen LogP contribution in [0.3, 0.4) is 0 Å². The molecule has 0 bridgehead atoms. The normalized spacial score (nSPS) is 16.7. The van der Waals surface area contributed by atoms with Gasteiger partial charge in [0.1, 0.15) is 11.7 Å². The number of nitrogens with one attached hydrogen (secondary N) is 1. The van der Waals surface area contributed by atoms with Crippen LogP contribution in [0.1, 0.15) is 23.4 Å². The van der Waals surface area contributed by atoms with Crippen LogP contribution in [0.4, 0.5) is 24.8 Å². The first kappa shape index (κ1) is 20.8. The fourth-order valence-corrected chi connectivity index (χ4v) is 3.02. The van der Waals surface area contributed by atoms with Crippen LogP contribution < -0.4 is 15.3 Å². The molecule has 0 spiro atoms. The number of likely N-dealkylation sites (N-methyl/N-ethyl adjacent to an activating group) is 1. The number of rotatable bonds is 3. The number of anilines is 2. The van der Waals surface area contributed by atoms with Crippen molar-refractivity contribution >= 4 is 35.1 Å². The fraction of sp³-hybridized carbons (Fsp3) is 0.333. The molecule has 0 radical (unpaired) electrons. The van der Waals surface area contributed by atoms with Gasteiger partial charge in [-0.05, 0) is 43.7 Å². The molecule has 1 atom stereocenters. The molecule has 11 heteroatoms. The molecule has 7 nitrogen and oxygen atoms in total. The Bertz CT molecular complexity index is 982. The molecule has 0 aliphatic carbocycles. The fourth-order valence-electron chi connectivity index (χ4n) is 2.91. The van der Waals surface area contributed by atoms with E-state index in [1.54, 1.807) is 25.1 Å². The number of carbonyl (C=O) groups is 2. The zero-order chi connectivity index (χ0) is 21.5. The molecule has 2 heterocycles. The number of hydrogen-bond donors (Lipinski definition) is 1. The highest BCUT2D eigenvalue weighted by atomic mass is 35.5. The smallest absolute Gasteiger partial charge is 0.314 e. The predicted molar refractivity (Wildman–Crippen MR) is 100 cm³/mol. The summed E-state index contributed by atoms with van der Waals surface area (Å²) in [6.07, 6.45) is -4.93. The van der Waals surface area contributed by atoms with Gasteiger partial charge in [0.25, 0.3) is 5.91 Å². The van der Waals surface area contributed by atoms with Crippen LogP contribution in [-0.2, 0) is 15.8 Å². The molecule has 29 heavy (non-hydrogen) atoms. The molecule has 2 aromatic rings. The van der Waals surface area contributed by atoms with Crippen LogP contribution >= 0.6 is 11.6 Å². The van der Waals surface area contributed by atoms with Crippen LogP contribution in [0.5, 0.6) is 0 Å². The van der Waals surface area contributed by atoms with Crippen LogP contribution in [0.25, 0.3) is 0 Å². The second kappa shape index (κ2) is 7.51. The third-order valence-corrected chi connectivity index (χ3v) is 4.85. The minimum absolute atomic E-state index is 0.0522. The highest BCUT2D eigenvalue weighted by molar-refractivity contribution is 6.31. The largest absolute Gasteiger partial charge is 0.433 e. The maximum Gasteiger partial charge on any atom is 0.433 e. The number of amides is 2. The Hall–Kier alpha value is -2.88. The second-order valence-corrected chi connectivity index (χ2v) is 7.06. The van der Waals surface area contributed by atoms with Crippen molar-refractivity contribution in [1.82, 2.24) is 15.4 Å². The number of halogens is 4. The number of alkyl halides is 3. The number of hydrogen-bond acceptors (Lipinski definition) is 5. The maximum atomic E-state index is 13.1. The van der Waals surface area contributed by atoms with Gasteiger partial charge < -0.3 is 4.90 Å². The molecule has 2 amide bonds. The van der Waals surface area contributed by atoms with Gasteiger partial charge in [0.15, 0.2) is 0 Å². The number of benzene rings is 1. The molecule has 154 valence electrons. The minimum atomic E-state index is -4.69. The summed E-state index contributed by atoms with van der Waals surface area (Å²) in [5, 5.41) is 1.51. The van der Waals surface area contributed by atoms with Crippen molar-refractivity contribution < 1.29 is 22.8 Å². The van der Waals surface area contributed by atoms with E-state index in [1.807, 2.05) is 0 Å². The summed E-state index contributed by atoms with van der Waals surface area (Å²) >= 11 is 6.01. The lowest BCUT2D eigenvalue weighted by Crippen LogP contribution is -2.48. The van der Waals surface area contributed by atoms with Crippen LogP contribution in [-0.4, -0.2) is 34.9 Å². The lowest BCUT2D eigenvalue weighted by molar-refractivity contribution is -0.141. The van der Waals surface area contributed by atoms with Gasteiger partial charge in [-0.3, -0.25) is 15.0 Å². The van der Waals surface area contributed by atoms with Gasteiger partial charge >= 0.3 is 6.18 Å². The maximum absolute atomic E-state index is 13.1. The zero-order valence-electron chi connectivity index (χ0n) is 15.7. The molecule has 1 aliphatic rings. The van der Waals surface area contributed by atoms with Gasteiger partial charge in [-0.2, -0.15) is 13.2 Å². The van der Waals surface area contributed by atoms with E-state index < -0.39 is 35.7 Å². The summed E-state index contributed by atoms with van der Waals surface area (Å²) < 4.78 is 39.3. The number of nitrogens with zero attached hydrogens (tertiary/aromatic N) is 4. The first-order valence-corrected chi connectivity index (χ1v) is 8.90. The Labute approximate surface area is 169 Å². The molecule has 1 unspecified atom stereocenters. The van der Waals surface area contributed by atoms with Gasteiger partial charge in [-0.15, -0.1) is 0 Å². The third-order valence-electron chi connectivity index (χ3n) is 4.43. The highest BCUT2D eigenvalue weighted by Gasteiger charge is 2.41. The van der Waals surface area contributed by atoms with Crippen molar-refractivity contribution in [1.29, 1.82) is 0 Å². The van der Waals surface area contributed by atoms with E-state index in [9.17, 15) is 22.8 Å². The summed E-state index contributed by atoms with van der Waals surface area (Å²) in [6, 6.07) is 4.64. The van der Waals surface area contributed by atoms with Gasteiger partial charge in [-0.1, -0.05) is 11.6 Å². The lowest BCUT2D eigenvalue weighted by atomic mass is 10.1. The summed E-state index contributed by atoms with van der Waals surface area (Å²) in [4.78, 5) is 33.7. The average molecular weight is 428 g/mol. The van der Waals surface area contributed by atoms with Crippen LogP contribution in [0, 0.1) is 13.8 Å². The summed E-state index contributed by atoms with van der Waals surface area (Å²) in [5.41, 5.74) is 2.53. The van der Waals surface area contributed by atoms with Crippen molar-refractivity contribution in [3.05, 3.63) is 46.2 Å². The number of aryl methyl sites for hydroxylation is 2. The SMILES string of the molecule is Cc1cc(C(F)(F)F)nc(N2NC(=O)CC2C(=O)N(C)c2ccc(Cl)c(C)c2)n1. The minimum Gasteiger partial charge on any atom is -0.314 e. The highest BCUT2D eigenvalue weighted by Crippen LogP contribution is 2.30. The standard InChI is InChI=1S/C18H17ClF3N5O2/c1-9-6-11(4-5-12(9)19)26(3)16(29)13-8-15(28)25-27(13)17-23-10(2)7-14(24-17)18(20,21)22/h4-7,13H,8H2,1-3H3,(H,25,28). The predicted octanol–water partition coefficient (Wildman–Crippen LogP) is 3.04. The number of carbonyl (C=O) groups excluding carboxylic acids is 2. The van der Waals surface area contributed by atoms with E-state index in [0.29, 0.717) is 10.7 Å². The Kier molecular flexibility index (Phi) is 5.40. The summed E-state index contributed by atoms with van der Waals surface area (Å²) in [5.74, 6) is -1.44. The van der Waals surface area contributed by atoms with Crippen molar-refractivity contribution in [3.8, 4) is 0 Å². The topological polar surface area (TPSA) is 78.4 Å². The molecule has 1 saturated heterocycles.